The second-order valence-corrected chi connectivity index (χ2v) is 4.21. The highest BCUT2D eigenvalue weighted by atomic mass is 16.6. The topological polar surface area (TPSA) is 55.8 Å². The number of rotatable bonds is 7. The molecule has 0 fully saturated rings. The first-order valence-electron chi connectivity index (χ1n) is 6.08. The number of carbonyl (C=O) groups is 2. The summed E-state index contributed by atoms with van der Waals surface area (Å²) in [4.78, 5) is 24.3. The molecule has 0 aliphatic carbocycles. The van der Waals surface area contributed by atoms with Crippen molar-refractivity contribution >= 4 is 12.1 Å². The Labute approximate surface area is 103 Å². The maximum absolute atomic E-state index is 11.6. The van der Waals surface area contributed by atoms with Crippen molar-refractivity contribution in [3.05, 3.63) is 0 Å². The van der Waals surface area contributed by atoms with Gasteiger partial charge in [0.15, 0.2) is 0 Å². The zero-order valence-corrected chi connectivity index (χ0v) is 11.2. The average Bonchev–Trinajstić information content (AvgIpc) is 2.30. The van der Waals surface area contributed by atoms with Crippen LogP contribution in [-0.4, -0.2) is 43.3 Å². The summed E-state index contributed by atoms with van der Waals surface area (Å²) in [5, 5.41) is 0. The van der Waals surface area contributed by atoms with Crippen LogP contribution in [0.2, 0.25) is 0 Å². The largest absolute Gasteiger partial charge is 0.464 e. The van der Waals surface area contributed by atoms with E-state index in [0.717, 1.165) is 6.42 Å². The predicted octanol–water partition coefficient (Wildman–Crippen LogP) is 2.05. The lowest BCUT2D eigenvalue weighted by Crippen LogP contribution is -2.37. The maximum atomic E-state index is 11.6. The highest BCUT2D eigenvalue weighted by Gasteiger charge is 2.17. The highest BCUT2D eigenvalue weighted by molar-refractivity contribution is 5.78. The minimum Gasteiger partial charge on any atom is -0.464 e. The molecule has 0 spiro atoms. The van der Waals surface area contributed by atoms with Gasteiger partial charge in [-0.2, -0.15) is 0 Å². The van der Waals surface area contributed by atoms with Crippen LogP contribution >= 0.6 is 0 Å². The molecule has 100 valence electrons. The van der Waals surface area contributed by atoms with E-state index in [0.29, 0.717) is 19.8 Å². The van der Waals surface area contributed by atoms with Gasteiger partial charge < -0.3 is 9.47 Å². The third-order valence-electron chi connectivity index (χ3n) is 1.97. The van der Waals surface area contributed by atoms with Crippen molar-refractivity contribution in [3.8, 4) is 0 Å². The van der Waals surface area contributed by atoms with Crippen LogP contribution < -0.4 is 0 Å². The zero-order chi connectivity index (χ0) is 13.3. The normalized spacial score (nSPS) is 10.2. The van der Waals surface area contributed by atoms with Crippen LogP contribution in [0.15, 0.2) is 0 Å². The van der Waals surface area contributed by atoms with E-state index in [2.05, 4.69) is 0 Å². The number of nitrogens with zero attached hydrogens (tertiary/aromatic N) is 1. The maximum Gasteiger partial charge on any atom is 0.410 e. The molecule has 0 aromatic rings. The molecule has 0 bridgehead atoms. The smallest absolute Gasteiger partial charge is 0.410 e. The summed E-state index contributed by atoms with van der Waals surface area (Å²) in [6.45, 7) is 8.76. The van der Waals surface area contributed by atoms with Gasteiger partial charge in [-0.05, 0) is 19.3 Å². The molecule has 0 unspecified atom stereocenters. The SMILES string of the molecule is CCCOC(=O)CN(CC)C(=O)OCC(C)C. The van der Waals surface area contributed by atoms with Crippen LogP contribution in [0.25, 0.3) is 0 Å². The Hall–Kier alpha value is -1.26. The van der Waals surface area contributed by atoms with Gasteiger partial charge in [0.2, 0.25) is 0 Å². The van der Waals surface area contributed by atoms with Crippen molar-refractivity contribution in [2.24, 2.45) is 5.92 Å². The first-order valence-corrected chi connectivity index (χ1v) is 6.08. The minimum atomic E-state index is -0.463. The van der Waals surface area contributed by atoms with Gasteiger partial charge in [0, 0.05) is 6.54 Å². The van der Waals surface area contributed by atoms with E-state index in [4.69, 9.17) is 9.47 Å². The minimum absolute atomic E-state index is 0.0482. The molecule has 5 heteroatoms. The van der Waals surface area contributed by atoms with E-state index < -0.39 is 12.1 Å². The Morgan fingerprint density at radius 2 is 1.82 bits per heavy atom. The first-order chi connectivity index (χ1) is 8.01. The number of ether oxygens (including phenoxy) is 2. The number of hydrogen-bond acceptors (Lipinski definition) is 4. The van der Waals surface area contributed by atoms with Crippen LogP contribution in [-0.2, 0) is 14.3 Å². The fraction of sp³-hybridized carbons (Fsp3) is 0.833. The van der Waals surface area contributed by atoms with Gasteiger partial charge in [-0.15, -0.1) is 0 Å². The molecule has 0 aliphatic rings. The Morgan fingerprint density at radius 1 is 1.18 bits per heavy atom. The van der Waals surface area contributed by atoms with Gasteiger partial charge in [0.1, 0.15) is 6.54 Å². The molecular formula is C12H23NO4. The van der Waals surface area contributed by atoms with Crippen molar-refractivity contribution in [1.82, 2.24) is 4.90 Å². The molecule has 0 rings (SSSR count). The summed E-state index contributed by atoms with van der Waals surface area (Å²) in [5.74, 6) is -0.111. The van der Waals surface area contributed by atoms with E-state index in [1.54, 1.807) is 6.92 Å². The number of hydrogen-bond donors (Lipinski definition) is 0. The van der Waals surface area contributed by atoms with Crippen LogP contribution in [0, 0.1) is 5.92 Å². The molecule has 5 nitrogen and oxygen atoms in total. The van der Waals surface area contributed by atoms with Crippen molar-refractivity contribution < 1.29 is 19.1 Å². The van der Waals surface area contributed by atoms with Crippen LogP contribution in [0.4, 0.5) is 4.79 Å². The molecule has 1 amide bonds. The molecule has 0 heterocycles. The van der Waals surface area contributed by atoms with E-state index in [1.165, 1.54) is 4.90 Å². The second kappa shape index (κ2) is 8.84. The van der Waals surface area contributed by atoms with Crippen molar-refractivity contribution in [2.75, 3.05) is 26.3 Å². The van der Waals surface area contributed by atoms with Crippen molar-refractivity contribution in [3.63, 3.8) is 0 Å². The lowest BCUT2D eigenvalue weighted by atomic mass is 10.2. The van der Waals surface area contributed by atoms with Gasteiger partial charge in [-0.25, -0.2) is 4.79 Å². The summed E-state index contributed by atoms with van der Waals surface area (Å²) in [7, 11) is 0. The molecule has 17 heavy (non-hydrogen) atoms. The third-order valence-corrected chi connectivity index (χ3v) is 1.97. The fourth-order valence-electron chi connectivity index (χ4n) is 1.05. The number of esters is 1. The van der Waals surface area contributed by atoms with E-state index >= 15 is 0 Å². The number of carbonyl (C=O) groups excluding carboxylic acids is 2. The summed E-state index contributed by atoms with van der Waals surface area (Å²) >= 11 is 0. The molecule has 0 aliphatic heterocycles. The van der Waals surface area contributed by atoms with Gasteiger partial charge in [0.25, 0.3) is 0 Å². The number of amides is 1. The Kier molecular flexibility index (Phi) is 8.19. The summed E-state index contributed by atoms with van der Waals surface area (Å²) in [6.07, 6.45) is 0.310. The quantitative estimate of drug-likeness (QED) is 0.644. The average molecular weight is 245 g/mol. The second-order valence-electron chi connectivity index (χ2n) is 4.21. The van der Waals surface area contributed by atoms with Gasteiger partial charge >= 0.3 is 12.1 Å². The van der Waals surface area contributed by atoms with Gasteiger partial charge in [-0.1, -0.05) is 20.8 Å². The molecule has 0 atom stereocenters. The highest BCUT2D eigenvalue weighted by Crippen LogP contribution is 1.99. The molecule has 0 aromatic heterocycles. The summed E-state index contributed by atoms with van der Waals surface area (Å²) in [5.41, 5.74) is 0. The fourth-order valence-corrected chi connectivity index (χ4v) is 1.05. The lowest BCUT2D eigenvalue weighted by molar-refractivity contribution is -0.144. The summed E-state index contributed by atoms with van der Waals surface area (Å²) < 4.78 is 9.95. The lowest BCUT2D eigenvalue weighted by Gasteiger charge is -2.20. The van der Waals surface area contributed by atoms with Gasteiger partial charge in [-0.3, -0.25) is 9.69 Å². The van der Waals surface area contributed by atoms with Crippen LogP contribution in [0.5, 0.6) is 0 Å². The van der Waals surface area contributed by atoms with Crippen molar-refractivity contribution in [1.29, 1.82) is 0 Å². The summed E-state index contributed by atoms with van der Waals surface area (Å²) in [6, 6.07) is 0. The third kappa shape index (κ3) is 7.60. The monoisotopic (exact) mass is 245 g/mol. The molecule has 0 N–H and O–H groups in total. The van der Waals surface area contributed by atoms with Crippen molar-refractivity contribution in [2.45, 2.75) is 34.1 Å². The van der Waals surface area contributed by atoms with Gasteiger partial charge in [0.05, 0.1) is 13.2 Å². The number of likely N-dealkylation sites (N-methyl/N-ethyl adjacent to an activating group) is 1. The standard InChI is InChI=1S/C12H23NO4/c1-5-7-16-11(14)8-13(6-2)12(15)17-9-10(3)4/h10H,5-9H2,1-4H3. The molecule has 0 saturated carbocycles. The Morgan fingerprint density at radius 3 is 2.29 bits per heavy atom. The molecule has 0 aromatic carbocycles. The van der Waals surface area contributed by atoms with Crippen LogP contribution in [0.1, 0.15) is 34.1 Å². The Balaban J connectivity index is 4.04. The molecule has 0 saturated heterocycles. The zero-order valence-electron chi connectivity index (χ0n) is 11.2. The van der Waals surface area contributed by atoms with Crippen LogP contribution in [0.3, 0.4) is 0 Å². The van der Waals surface area contributed by atoms with E-state index in [9.17, 15) is 9.59 Å². The predicted molar refractivity (Wildman–Crippen MR) is 64.7 cm³/mol. The van der Waals surface area contributed by atoms with E-state index in [1.807, 2.05) is 20.8 Å². The first kappa shape index (κ1) is 15.7. The Bertz CT molecular complexity index is 241. The van der Waals surface area contributed by atoms with E-state index in [-0.39, 0.29) is 12.5 Å². The molecular weight excluding hydrogens is 222 g/mol. The molecule has 0 radical (unpaired) electrons.